The van der Waals surface area contributed by atoms with Crippen LogP contribution in [0.1, 0.15) is 29.4 Å². The molecule has 0 radical (unpaired) electrons. The molecule has 1 N–H and O–H groups in total. The van der Waals surface area contributed by atoms with Gasteiger partial charge in [-0.05, 0) is 36.1 Å². The standard InChI is InChI=1S/C26H24F2N6O2/c1-14-19(12-30-26-25(14)20(27)4-6-36-26)18-7-15-9-22(29-11-16(15)8-21(18)28)31-23-10-17-3-5-33(2)24(35)13-34(17)32-23/h7-12,20H,3-6,13H2,1-2H3,(H,29,31,32). The topological polar surface area (TPSA) is 85.2 Å². The number of halogens is 2. The number of alkyl halides is 1. The monoisotopic (exact) mass is 490 g/mol. The predicted octanol–water partition coefficient (Wildman–Crippen LogP) is 4.49. The van der Waals surface area contributed by atoms with E-state index in [4.69, 9.17) is 4.74 Å². The summed E-state index contributed by atoms with van der Waals surface area (Å²) < 4.78 is 37.0. The molecule has 1 amide bonds. The molecule has 8 nitrogen and oxygen atoms in total. The number of rotatable bonds is 3. The molecule has 5 heterocycles. The van der Waals surface area contributed by atoms with Crippen LogP contribution in [0, 0.1) is 12.7 Å². The summed E-state index contributed by atoms with van der Waals surface area (Å²) in [5.74, 6) is 0.974. The number of nitrogens with zero attached hydrogens (tertiary/aromatic N) is 5. The first-order valence-electron chi connectivity index (χ1n) is 11.8. The van der Waals surface area contributed by atoms with Crippen molar-refractivity contribution in [1.29, 1.82) is 0 Å². The smallest absolute Gasteiger partial charge is 0.244 e. The fraction of sp³-hybridized carbons (Fsp3) is 0.308. The molecule has 184 valence electrons. The van der Waals surface area contributed by atoms with Crippen molar-refractivity contribution in [3.8, 4) is 17.0 Å². The summed E-state index contributed by atoms with van der Waals surface area (Å²) in [6.45, 7) is 2.88. The Labute approximate surface area is 205 Å². The van der Waals surface area contributed by atoms with Crippen molar-refractivity contribution in [1.82, 2.24) is 24.6 Å². The number of pyridine rings is 2. The molecule has 2 aliphatic rings. The van der Waals surface area contributed by atoms with Gasteiger partial charge in [0.2, 0.25) is 11.8 Å². The van der Waals surface area contributed by atoms with Crippen LogP contribution in [-0.2, 0) is 17.8 Å². The largest absolute Gasteiger partial charge is 0.477 e. The molecule has 3 aromatic heterocycles. The summed E-state index contributed by atoms with van der Waals surface area (Å²) in [6, 6.07) is 6.86. The Hall–Kier alpha value is -4.08. The highest BCUT2D eigenvalue weighted by atomic mass is 19.1. The molecule has 1 aromatic carbocycles. The van der Waals surface area contributed by atoms with Crippen LogP contribution in [0.2, 0.25) is 0 Å². The molecule has 0 bridgehead atoms. The van der Waals surface area contributed by atoms with E-state index in [1.807, 2.05) is 12.1 Å². The molecular weight excluding hydrogens is 466 g/mol. The number of ether oxygens (including phenoxy) is 1. The second-order valence-corrected chi connectivity index (χ2v) is 9.24. The summed E-state index contributed by atoms with van der Waals surface area (Å²) in [6.07, 6.45) is 2.90. The Bertz CT molecular complexity index is 1520. The summed E-state index contributed by atoms with van der Waals surface area (Å²) in [5.41, 5.74) is 2.84. The lowest BCUT2D eigenvalue weighted by Gasteiger charge is -2.23. The molecule has 1 unspecified atom stereocenters. The average molecular weight is 491 g/mol. The molecule has 0 saturated carbocycles. The minimum Gasteiger partial charge on any atom is -0.477 e. The Balaban J connectivity index is 1.34. The molecule has 4 aromatic rings. The van der Waals surface area contributed by atoms with Gasteiger partial charge in [0.1, 0.15) is 24.4 Å². The molecule has 0 saturated heterocycles. The first-order chi connectivity index (χ1) is 17.4. The Kier molecular flexibility index (Phi) is 5.31. The number of fused-ring (bicyclic) bond motifs is 3. The summed E-state index contributed by atoms with van der Waals surface area (Å²) >= 11 is 0. The van der Waals surface area contributed by atoms with Crippen molar-refractivity contribution in [2.75, 3.05) is 25.5 Å². The average Bonchev–Trinajstić information content (AvgIpc) is 3.17. The van der Waals surface area contributed by atoms with Crippen molar-refractivity contribution in [2.45, 2.75) is 32.5 Å². The summed E-state index contributed by atoms with van der Waals surface area (Å²) in [4.78, 5) is 22.5. The number of aromatic nitrogens is 4. The normalized spacial score (nSPS) is 17.4. The zero-order valence-electron chi connectivity index (χ0n) is 19.9. The summed E-state index contributed by atoms with van der Waals surface area (Å²) in [5, 5.41) is 9.09. The van der Waals surface area contributed by atoms with E-state index in [-0.39, 0.29) is 31.4 Å². The second kappa shape index (κ2) is 8.54. The Morgan fingerprint density at radius 2 is 1.94 bits per heavy atom. The summed E-state index contributed by atoms with van der Waals surface area (Å²) in [7, 11) is 1.79. The van der Waals surface area contributed by atoms with Crippen LogP contribution < -0.4 is 10.1 Å². The van der Waals surface area contributed by atoms with Gasteiger partial charge >= 0.3 is 0 Å². The second-order valence-electron chi connectivity index (χ2n) is 9.24. The van der Waals surface area contributed by atoms with Gasteiger partial charge in [0, 0.05) is 67.1 Å². The zero-order chi connectivity index (χ0) is 25.0. The lowest BCUT2D eigenvalue weighted by atomic mass is 9.93. The van der Waals surface area contributed by atoms with Crippen molar-refractivity contribution in [2.24, 2.45) is 0 Å². The van der Waals surface area contributed by atoms with E-state index in [0.717, 1.165) is 11.1 Å². The molecule has 10 heteroatoms. The highest BCUT2D eigenvalue weighted by molar-refractivity contribution is 5.89. The van der Waals surface area contributed by atoms with Crippen molar-refractivity contribution in [3.63, 3.8) is 0 Å². The van der Waals surface area contributed by atoms with E-state index in [1.54, 1.807) is 35.8 Å². The third-order valence-corrected chi connectivity index (χ3v) is 6.90. The number of carbonyl (C=O) groups is 1. The van der Waals surface area contributed by atoms with Gasteiger partial charge < -0.3 is 15.0 Å². The lowest BCUT2D eigenvalue weighted by molar-refractivity contribution is -0.130. The molecule has 36 heavy (non-hydrogen) atoms. The minimum atomic E-state index is -1.19. The number of benzene rings is 1. The lowest BCUT2D eigenvalue weighted by Crippen LogP contribution is -2.29. The van der Waals surface area contributed by atoms with E-state index >= 15 is 4.39 Å². The number of amides is 1. The molecule has 0 spiro atoms. The van der Waals surface area contributed by atoms with Gasteiger partial charge in [-0.1, -0.05) is 0 Å². The van der Waals surface area contributed by atoms with Gasteiger partial charge in [0.25, 0.3) is 0 Å². The van der Waals surface area contributed by atoms with Gasteiger partial charge in [0.05, 0.1) is 12.2 Å². The van der Waals surface area contributed by atoms with Crippen molar-refractivity contribution in [3.05, 3.63) is 59.3 Å². The molecular formula is C26H24F2N6O2. The van der Waals surface area contributed by atoms with Gasteiger partial charge in [-0.15, -0.1) is 0 Å². The van der Waals surface area contributed by atoms with E-state index in [9.17, 15) is 9.18 Å². The third-order valence-electron chi connectivity index (χ3n) is 6.90. The van der Waals surface area contributed by atoms with Crippen LogP contribution in [0.4, 0.5) is 20.4 Å². The van der Waals surface area contributed by atoms with Crippen LogP contribution in [0.5, 0.6) is 5.88 Å². The number of carbonyl (C=O) groups excluding carboxylic acids is 1. The fourth-order valence-corrected chi connectivity index (χ4v) is 4.84. The van der Waals surface area contributed by atoms with E-state index in [0.29, 0.717) is 52.2 Å². The van der Waals surface area contributed by atoms with Crippen LogP contribution in [-0.4, -0.2) is 50.8 Å². The molecule has 1 atom stereocenters. The SMILES string of the molecule is Cc1c(-c2cc3cc(Nc4cc5n(n4)CC(=O)N(C)CC5)ncc3cc2F)cnc2c1C(F)CCO2. The molecule has 6 rings (SSSR count). The molecule has 0 fully saturated rings. The van der Waals surface area contributed by atoms with Crippen LogP contribution in [0.15, 0.2) is 36.7 Å². The maximum atomic E-state index is 15.1. The molecule has 2 aliphatic heterocycles. The van der Waals surface area contributed by atoms with Crippen molar-refractivity contribution < 1.29 is 18.3 Å². The number of likely N-dealkylation sites (N-methyl/N-ethyl adjacent to an activating group) is 1. The van der Waals surface area contributed by atoms with Crippen molar-refractivity contribution >= 4 is 28.3 Å². The quantitative estimate of drug-likeness (QED) is 0.456. The first kappa shape index (κ1) is 22.4. The highest BCUT2D eigenvalue weighted by Crippen LogP contribution is 2.40. The number of hydrogen-bond donors (Lipinski definition) is 1. The highest BCUT2D eigenvalue weighted by Gasteiger charge is 2.27. The van der Waals surface area contributed by atoms with Crippen LogP contribution in [0.3, 0.4) is 0 Å². The Morgan fingerprint density at radius 3 is 2.81 bits per heavy atom. The number of hydrogen-bond acceptors (Lipinski definition) is 6. The predicted molar refractivity (Wildman–Crippen MR) is 130 cm³/mol. The van der Waals surface area contributed by atoms with E-state index in [2.05, 4.69) is 20.4 Å². The Morgan fingerprint density at radius 1 is 1.08 bits per heavy atom. The number of nitrogens with one attached hydrogen (secondary N) is 1. The zero-order valence-corrected chi connectivity index (χ0v) is 19.9. The van der Waals surface area contributed by atoms with Gasteiger partial charge in [0.15, 0.2) is 5.82 Å². The first-order valence-corrected chi connectivity index (χ1v) is 11.8. The molecule has 0 aliphatic carbocycles. The van der Waals surface area contributed by atoms with E-state index in [1.165, 1.54) is 12.3 Å². The minimum absolute atomic E-state index is 0.0133. The van der Waals surface area contributed by atoms with Gasteiger partial charge in [-0.2, -0.15) is 5.10 Å². The van der Waals surface area contributed by atoms with Crippen LogP contribution >= 0.6 is 0 Å². The van der Waals surface area contributed by atoms with Gasteiger partial charge in [-0.25, -0.2) is 18.7 Å². The fourth-order valence-electron chi connectivity index (χ4n) is 4.84. The van der Waals surface area contributed by atoms with Crippen LogP contribution in [0.25, 0.3) is 21.9 Å². The van der Waals surface area contributed by atoms with Gasteiger partial charge in [-0.3, -0.25) is 9.48 Å². The maximum Gasteiger partial charge on any atom is 0.244 e. The van der Waals surface area contributed by atoms with E-state index < -0.39 is 12.0 Å². The number of anilines is 2. The third kappa shape index (κ3) is 3.82. The maximum absolute atomic E-state index is 15.1.